The van der Waals surface area contributed by atoms with E-state index in [1.807, 2.05) is 13.8 Å². The highest BCUT2D eigenvalue weighted by Crippen LogP contribution is 2.30. The van der Waals surface area contributed by atoms with Crippen LogP contribution in [0, 0.1) is 35.5 Å². The zero-order valence-electron chi connectivity index (χ0n) is 65.2. The number of likely N-dealkylation sites (N-methyl/N-ethyl adjacent to an activating group) is 1. The second-order valence-corrected chi connectivity index (χ2v) is 29.5. The Kier molecular flexibility index (Phi) is 38.8. The second kappa shape index (κ2) is 45.3. The molecular weight excluding hydrogens is 1450 g/mol. The Morgan fingerprint density at radius 1 is 0.649 bits per heavy atom. The van der Waals surface area contributed by atoms with Crippen LogP contribution in [-0.2, 0) is 76.6 Å². The van der Waals surface area contributed by atoms with E-state index in [1.54, 1.807) is 20.8 Å². The van der Waals surface area contributed by atoms with Crippen molar-refractivity contribution in [1.82, 2.24) is 52.3 Å². The Balaban J connectivity index is 2.38. The maximum atomic E-state index is 15.6. The number of nitrogens with one attached hydrogen (secondary N) is 8. The molecule has 3 rings (SSSR count). The molecular formula is C71H119N19O21. The minimum absolute atomic E-state index is 0.0507. The first kappa shape index (κ1) is 95.1. The number of aliphatic hydroxyl groups is 4. The first-order valence-corrected chi connectivity index (χ1v) is 37.1. The zero-order chi connectivity index (χ0) is 84.2. The number of esters is 1. The number of ether oxygens (including phenoxy) is 2. The highest BCUT2D eigenvalue weighted by atomic mass is 16.5. The average Bonchev–Trinajstić information content (AvgIpc) is 0.786. The number of phenolic OH excluding ortho intramolecular Hbond substituents is 1. The molecule has 1 aromatic carbocycles. The maximum Gasteiger partial charge on any atom is 0.329 e. The smallest absolute Gasteiger partial charge is 0.329 e. The van der Waals surface area contributed by atoms with Crippen molar-refractivity contribution in [3.05, 3.63) is 29.8 Å². The van der Waals surface area contributed by atoms with Gasteiger partial charge in [0, 0.05) is 46.1 Å². The number of rotatable bonds is 36. The van der Waals surface area contributed by atoms with E-state index in [-0.39, 0.29) is 106 Å². The first-order valence-electron chi connectivity index (χ1n) is 37.1. The molecule has 0 radical (unpaired) electrons. The number of phenols is 1. The first-order chi connectivity index (χ1) is 51.8. The van der Waals surface area contributed by atoms with E-state index >= 15 is 24.0 Å². The highest BCUT2D eigenvalue weighted by Gasteiger charge is 2.47. The molecule has 0 bridgehead atoms. The predicted molar refractivity (Wildman–Crippen MR) is 401 cm³/mol. The van der Waals surface area contributed by atoms with Gasteiger partial charge in [0.05, 0.1) is 30.6 Å². The fourth-order valence-corrected chi connectivity index (χ4v) is 13.0. The summed E-state index contributed by atoms with van der Waals surface area (Å²) in [6.45, 7) is 14.4. The summed E-state index contributed by atoms with van der Waals surface area (Å²) in [6.07, 6.45) is -13.5. The standard InChI is InChI=1S/C71H119N19O21/c1-32(2)29-34(5)54(95)37(8)59(99)83-44(31-49(73)94)61(101)81-42(17-15-26-79-70(75)76)55(96)56(97)66(106)85-50(35(6)36(7)58(74)98)63(103)87-52-39(10)111-69(109)47-19-13-14-28-90(47)68(108)53(57(110-12)40-20-22-41(92)23-21-40)88-62(102)46(24-25-48(72)93)89(11)67(107)45(30-33(3)4)84-60(100)43(18-16-27-80-71(77)78)82-64(104)51(38(9)91)86-65(52)105/h20-23,32-39,42-47,50-57,91-92,95-97H,13-19,24-31H2,1-12H3,(H2,72,93)(H2,73,94)(H2,74,98)(H,81,101)(H,82,104)(H,83,99)(H,84,100)(H,85,106)(H,86,105)(H,87,103)(H,88,102)(H4,75,76,79)(H4,77,78,80)/t34-,35?,36?,37-,38-,39-,42+,43-,44+,45+,46+,47+,50?,51-,52-,53-,54-,55-,56-,57-/m1/s1. The van der Waals surface area contributed by atoms with Crippen LogP contribution in [-0.4, -0.2) is 255 Å². The van der Waals surface area contributed by atoms with Crippen LogP contribution in [0.5, 0.6) is 5.75 Å². The van der Waals surface area contributed by atoms with E-state index in [0.717, 1.165) is 23.6 Å². The van der Waals surface area contributed by atoms with Gasteiger partial charge in [0.2, 0.25) is 70.9 Å². The van der Waals surface area contributed by atoms with E-state index < -0.39 is 223 Å². The molecule has 40 heteroatoms. The van der Waals surface area contributed by atoms with Crippen LogP contribution in [0.2, 0.25) is 0 Å². The number of amides is 13. The predicted octanol–water partition coefficient (Wildman–Crippen LogP) is -6.05. The van der Waals surface area contributed by atoms with Gasteiger partial charge >= 0.3 is 5.97 Å². The van der Waals surface area contributed by atoms with Crippen molar-refractivity contribution in [3.63, 3.8) is 0 Å². The molecule has 2 heterocycles. The second-order valence-electron chi connectivity index (χ2n) is 29.5. The van der Waals surface area contributed by atoms with Crippen molar-refractivity contribution in [2.45, 2.75) is 243 Å². The number of fused-ring (bicyclic) bond motifs is 1. The van der Waals surface area contributed by atoms with Crippen LogP contribution in [0.1, 0.15) is 158 Å². The Labute approximate surface area is 645 Å². The number of guanidine groups is 2. The molecule has 2 aliphatic heterocycles. The van der Waals surface area contributed by atoms with Gasteiger partial charge in [-0.05, 0) is 119 Å². The van der Waals surface area contributed by atoms with Crippen LogP contribution >= 0.6 is 0 Å². The molecule has 27 N–H and O–H groups in total. The number of benzene rings is 1. The third-order valence-corrected chi connectivity index (χ3v) is 19.5. The van der Waals surface area contributed by atoms with Gasteiger partial charge in [0.15, 0.2) is 18.0 Å². The molecule has 0 saturated carbocycles. The number of aliphatic hydroxyl groups excluding tert-OH is 4. The Morgan fingerprint density at radius 3 is 1.79 bits per heavy atom. The summed E-state index contributed by atoms with van der Waals surface area (Å²) in [5.74, 6) is -21.7. The van der Waals surface area contributed by atoms with E-state index in [0.29, 0.717) is 6.42 Å². The van der Waals surface area contributed by atoms with Crippen LogP contribution < -0.4 is 82.7 Å². The molecule has 20 atom stereocenters. The molecule has 624 valence electrons. The summed E-state index contributed by atoms with van der Waals surface area (Å²) >= 11 is 0. The Bertz CT molecular complexity index is 3430. The molecule has 111 heavy (non-hydrogen) atoms. The van der Waals surface area contributed by atoms with Gasteiger partial charge in [0.25, 0.3) is 5.91 Å². The average molecular weight is 1570 g/mol. The van der Waals surface area contributed by atoms with Crippen molar-refractivity contribution in [1.29, 1.82) is 0 Å². The van der Waals surface area contributed by atoms with Gasteiger partial charge in [0.1, 0.15) is 78.4 Å². The third kappa shape index (κ3) is 29.6. The number of aromatic hydroxyl groups is 1. The minimum atomic E-state index is -2.67. The number of methoxy groups -OCH3 is 1. The Hall–Kier alpha value is -10.1. The fourth-order valence-electron chi connectivity index (χ4n) is 13.0. The summed E-state index contributed by atoms with van der Waals surface area (Å²) < 4.78 is 11.9. The molecule has 1 aromatic rings. The zero-order valence-corrected chi connectivity index (χ0v) is 65.2. The van der Waals surface area contributed by atoms with Crippen LogP contribution in [0.4, 0.5) is 0 Å². The lowest BCUT2D eigenvalue weighted by Gasteiger charge is -2.39. The van der Waals surface area contributed by atoms with Crippen molar-refractivity contribution < 1.29 is 102 Å². The summed E-state index contributed by atoms with van der Waals surface area (Å²) in [5, 5.41) is 76.1. The normalized spacial score (nSPS) is 23.2. The third-order valence-electron chi connectivity index (χ3n) is 19.5. The number of nitrogens with two attached hydrogens (primary N) is 7. The maximum absolute atomic E-state index is 15.6. The van der Waals surface area contributed by atoms with Crippen LogP contribution in [0.25, 0.3) is 0 Å². The molecule has 2 aliphatic rings. The number of nitrogens with zero attached hydrogens (tertiary/aromatic N) is 4. The van der Waals surface area contributed by atoms with Gasteiger partial charge in [-0.3, -0.25) is 72.3 Å². The molecule has 3 unspecified atom stereocenters. The van der Waals surface area contributed by atoms with Crippen molar-refractivity contribution in [2.24, 2.45) is 85.6 Å². The van der Waals surface area contributed by atoms with Gasteiger partial charge in [-0.2, -0.15) is 0 Å². The SMILES string of the molecule is CO[C@H](c1ccc(O)cc1)[C@H]1NC(=O)[C@H](CCC(N)=O)N(C)C(=O)[C@H](CC(C)C)NC(=O)[C@@H](CCCN=C(N)N)NC(=O)[C@@H]([C@@H](C)O)NC(=O)[C@H](NC(=O)C(NC(=O)[C@H](O)[C@H](O)[C@H](CCCN=C(N)N)NC(=O)[C@H](CC(N)=O)NC(=O)[C@H](C)[C@H](O)[C@H](C)CC(C)C)C(C)C(C)C(N)=O)[C@@H](C)OC(=O)[C@@H]2CCCCN2C1=O. The molecule has 2 fully saturated rings. The van der Waals surface area contributed by atoms with Gasteiger partial charge in [-0.15, -0.1) is 0 Å². The monoisotopic (exact) mass is 1570 g/mol. The van der Waals surface area contributed by atoms with Gasteiger partial charge in [-0.25, -0.2) is 4.79 Å². The van der Waals surface area contributed by atoms with Crippen LogP contribution in [0.3, 0.4) is 0 Å². The summed E-state index contributed by atoms with van der Waals surface area (Å²) in [4.78, 5) is 211. The number of hydrogen-bond acceptors (Lipinski definition) is 23. The molecule has 40 nitrogen and oxygen atoms in total. The lowest BCUT2D eigenvalue weighted by molar-refractivity contribution is -0.165. The summed E-state index contributed by atoms with van der Waals surface area (Å²) in [7, 11) is 2.40. The molecule has 2 saturated heterocycles. The largest absolute Gasteiger partial charge is 0.508 e. The fraction of sp³-hybridized carbons (Fsp3) is 0.690. The number of aliphatic imine (C=N–C) groups is 2. The number of carbonyl (C=O) groups excluding carboxylic acids is 14. The van der Waals surface area contributed by atoms with Gasteiger partial charge in [-0.1, -0.05) is 67.5 Å². The van der Waals surface area contributed by atoms with E-state index in [2.05, 4.69) is 52.5 Å². The topological polar surface area (TPSA) is 668 Å². The number of hydrogen-bond donors (Lipinski definition) is 20. The minimum Gasteiger partial charge on any atom is -0.508 e. The molecule has 0 spiro atoms. The summed E-state index contributed by atoms with van der Waals surface area (Å²) in [6, 6.07) is -13.0. The van der Waals surface area contributed by atoms with Gasteiger partial charge < -0.3 is 127 Å². The molecule has 13 amide bonds. The number of piperidine rings is 1. The number of carbonyl (C=O) groups is 14. The van der Waals surface area contributed by atoms with Crippen molar-refractivity contribution in [3.8, 4) is 5.75 Å². The molecule has 0 aliphatic carbocycles. The molecule has 0 aromatic heterocycles. The van der Waals surface area contributed by atoms with E-state index in [4.69, 9.17) is 49.6 Å². The van der Waals surface area contributed by atoms with Crippen LogP contribution in [0.15, 0.2) is 34.3 Å². The van der Waals surface area contributed by atoms with E-state index in [1.165, 1.54) is 59.2 Å². The van der Waals surface area contributed by atoms with E-state index in [9.17, 15) is 68.7 Å². The number of cyclic esters (lactones) is 1. The van der Waals surface area contributed by atoms with Crippen molar-refractivity contribution >= 4 is 94.7 Å². The Morgan fingerprint density at radius 2 is 1.24 bits per heavy atom. The highest BCUT2D eigenvalue weighted by molar-refractivity contribution is 6.00. The number of primary amides is 3. The summed E-state index contributed by atoms with van der Waals surface area (Å²) in [5.41, 5.74) is 39.3. The quantitative estimate of drug-likeness (QED) is 0.0129. The van der Waals surface area contributed by atoms with Crippen molar-refractivity contribution in [2.75, 3.05) is 33.8 Å². The lowest BCUT2D eigenvalue weighted by Crippen LogP contribution is -2.65. The lowest BCUT2D eigenvalue weighted by atomic mass is 9.87.